The fraction of sp³-hybridized carbons (Fsp3) is 0.500. The van der Waals surface area contributed by atoms with E-state index in [1.54, 1.807) is 0 Å². The van der Waals surface area contributed by atoms with E-state index in [0.717, 1.165) is 23.4 Å². The highest BCUT2D eigenvalue weighted by Gasteiger charge is 2.01. The van der Waals surface area contributed by atoms with E-state index in [1.165, 1.54) is 12.8 Å². The molecule has 0 aliphatic rings. The van der Waals surface area contributed by atoms with Crippen LogP contribution in [-0.4, -0.2) is 9.96 Å². The lowest BCUT2D eigenvalue weighted by Crippen LogP contribution is -2.01. The summed E-state index contributed by atoms with van der Waals surface area (Å²) in [6.45, 7) is 2.16. The number of nitrogens with two attached hydrogens (primary N) is 1. The quantitative estimate of drug-likeness (QED) is 0.597. The molecule has 2 N–H and O–H groups in total. The van der Waals surface area contributed by atoms with Gasteiger partial charge in [-0.15, -0.1) is 0 Å². The van der Waals surface area contributed by atoms with Gasteiger partial charge in [-0.3, -0.25) is 4.21 Å². The maximum Gasteiger partial charge on any atom is 0.0485 e. The topological polar surface area (TPSA) is 43.1 Å². The number of hydrogen-bond acceptors (Lipinski definition) is 2. The Labute approximate surface area is 94.3 Å². The third kappa shape index (κ3) is 4.98. The van der Waals surface area contributed by atoms with Gasteiger partial charge in [-0.25, -0.2) is 0 Å². The van der Waals surface area contributed by atoms with Crippen molar-refractivity contribution >= 4 is 16.5 Å². The zero-order valence-corrected chi connectivity index (χ0v) is 10.1. The average molecular weight is 225 g/mol. The summed E-state index contributed by atoms with van der Waals surface area (Å²) in [6.07, 6.45) is 3.42. The van der Waals surface area contributed by atoms with Crippen molar-refractivity contribution in [3.63, 3.8) is 0 Å². The second kappa shape index (κ2) is 6.62. The number of unbranched alkanes of at least 4 members (excludes halogenated alkanes) is 2. The number of hydrogen-bond donors (Lipinski definition) is 1. The van der Waals surface area contributed by atoms with Gasteiger partial charge >= 0.3 is 0 Å². The molecule has 0 amide bonds. The Morgan fingerprint density at radius 2 is 1.87 bits per heavy atom. The summed E-state index contributed by atoms with van der Waals surface area (Å²) >= 11 is 0. The maximum absolute atomic E-state index is 11.7. The van der Waals surface area contributed by atoms with Crippen molar-refractivity contribution in [1.29, 1.82) is 0 Å². The van der Waals surface area contributed by atoms with Crippen LogP contribution in [0.2, 0.25) is 0 Å². The predicted molar refractivity (Wildman–Crippen MR) is 67.1 cm³/mol. The summed E-state index contributed by atoms with van der Waals surface area (Å²) in [6, 6.07) is 7.62. The number of anilines is 1. The van der Waals surface area contributed by atoms with Gasteiger partial charge in [0, 0.05) is 28.0 Å². The average Bonchev–Trinajstić information content (AvgIpc) is 2.22. The number of rotatable bonds is 6. The Morgan fingerprint density at radius 3 is 2.47 bits per heavy atom. The molecule has 84 valence electrons. The monoisotopic (exact) mass is 225 g/mol. The molecular weight excluding hydrogens is 206 g/mol. The minimum Gasteiger partial charge on any atom is -0.399 e. The second-order valence-electron chi connectivity index (χ2n) is 3.74. The van der Waals surface area contributed by atoms with Gasteiger partial charge in [-0.05, 0) is 24.1 Å². The van der Waals surface area contributed by atoms with Gasteiger partial charge in [0.15, 0.2) is 0 Å². The highest BCUT2D eigenvalue weighted by Crippen LogP contribution is 2.09. The van der Waals surface area contributed by atoms with E-state index < -0.39 is 10.8 Å². The van der Waals surface area contributed by atoms with E-state index in [0.29, 0.717) is 5.75 Å². The SMILES string of the molecule is CCCCCS(=O)Cc1ccc(N)cc1. The Bertz CT molecular complexity index is 308. The molecule has 1 rings (SSSR count). The molecule has 0 aliphatic heterocycles. The Morgan fingerprint density at radius 1 is 1.20 bits per heavy atom. The third-order valence-corrected chi connectivity index (χ3v) is 3.68. The molecule has 3 heteroatoms. The van der Waals surface area contributed by atoms with Crippen molar-refractivity contribution < 1.29 is 4.21 Å². The summed E-state index contributed by atoms with van der Waals surface area (Å²) in [4.78, 5) is 0. The molecule has 0 spiro atoms. The normalized spacial score (nSPS) is 12.6. The molecule has 0 fully saturated rings. The lowest BCUT2D eigenvalue weighted by atomic mass is 10.2. The largest absolute Gasteiger partial charge is 0.399 e. The van der Waals surface area contributed by atoms with Crippen LogP contribution in [0.15, 0.2) is 24.3 Å². The van der Waals surface area contributed by atoms with Gasteiger partial charge in [-0.1, -0.05) is 31.9 Å². The second-order valence-corrected chi connectivity index (χ2v) is 5.31. The van der Waals surface area contributed by atoms with Crippen LogP contribution in [0.5, 0.6) is 0 Å². The van der Waals surface area contributed by atoms with E-state index in [-0.39, 0.29) is 0 Å². The van der Waals surface area contributed by atoms with Gasteiger partial charge in [0.05, 0.1) is 0 Å². The molecule has 2 nitrogen and oxygen atoms in total. The Kier molecular flexibility index (Phi) is 5.40. The minimum atomic E-state index is -0.720. The first kappa shape index (κ1) is 12.2. The zero-order chi connectivity index (χ0) is 11.1. The first-order chi connectivity index (χ1) is 7.22. The smallest absolute Gasteiger partial charge is 0.0485 e. The molecule has 0 heterocycles. The highest BCUT2D eigenvalue weighted by molar-refractivity contribution is 7.84. The Hall–Kier alpha value is -0.830. The third-order valence-electron chi connectivity index (χ3n) is 2.28. The lowest BCUT2D eigenvalue weighted by Gasteiger charge is -2.02. The maximum atomic E-state index is 11.7. The van der Waals surface area contributed by atoms with Crippen molar-refractivity contribution in [2.24, 2.45) is 0 Å². The van der Waals surface area contributed by atoms with E-state index in [2.05, 4.69) is 6.92 Å². The molecule has 0 radical (unpaired) electrons. The van der Waals surface area contributed by atoms with Crippen LogP contribution in [0.4, 0.5) is 5.69 Å². The molecule has 0 bridgehead atoms. The first-order valence-electron chi connectivity index (χ1n) is 5.41. The molecule has 0 aliphatic carbocycles. The number of benzene rings is 1. The van der Waals surface area contributed by atoms with Crippen LogP contribution in [-0.2, 0) is 16.6 Å². The van der Waals surface area contributed by atoms with Gasteiger partial charge in [0.1, 0.15) is 0 Å². The van der Waals surface area contributed by atoms with Gasteiger partial charge in [-0.2, -0.15) is 0 Å². The molecule has 1 atom stereocenters. The van der Waals surface area contributed by atoms with E-state index in [1.807, 2.05) is 24.3 Å². The van der Waals surface area contributed by atoms with E-state index in [9.17, 15) is 4.21 Å². The fourth-order valence-electron chi connectivity index (χ4n) is 1.38. The summed E-state index contributed by atoms with van der Waals surface area (Å²) < 4.78 is 11.7. The molecule has 0 saturated carbocycles. The Balaban J connectivity index is 2.34. The zero-order valence-electron chi connectivity index (χ0n) is 9.24. The summed E-state index contributed by atoms with van der Waals surface area (Å²) in [5.74, 6) is 1.47. The van der Waals surface area contributed by atoms with Crippen LogP contribution in [0, 0.1) is 0 Å². The molecule has 15 heavy (non-hydrogen) atoms. The van der Waals surface area contributed by atoms with E-state index >= 15 is 0 Å². The van der Waals surface area contributed by atoms with Crippen molar-refractivity contribution in [3.8, 4) is 0 Å². The van der Waals surface area contributed by atoms with Crippen LogP contribution in [0.25, 0.3) is 0 Å². The molecule has 1 aromatic carbocycles. The van der Waals surface area contributed by atoms with Crippen molar-refractivity contribution in [2.45, 2.75) is 31.9 Å². The van der Waals surface area contributed by atoms with Gasteiger partial charge in [0.2, 0.25) is 0 Å². The molecule has 0 saturated heterocycles. The van der Waals surface area contributed by atoms with Crippen molar-refractivity contribution in [2.75, 3.05) is 11.5 Å². The van der Waals surface area contributed by atoms with Crippen LogP contribution < -0.4 is 5.73 Å². The van der Waals surface area contributed by atoms with Crippen LogP contribution in [0.1, 0.15) is 31.7 Å². The van der Waals surface area contributed by atoms with Crippen molar-refractivity contribution in [1.82, 2.24) is 0 Å². The summed E-state index contributed by atoms with van der Waals surface area (Å²) in [7, 11) is -0.720. The predicted octanol–water partition coefficient (Wildman–Crippen LogP) is 2.71. The summed E-state index contributed by atoms with van der Waals surface area (Å²) in [5, 5.41) is 0. The highest BCUT2D eigenvalue weighted by atomic mass is 32.2. The van der Waals surface area contributed by atoms with Crippen LogP contribution >= 0.6 is 0 Å². The van der Waals surface area contributed by atoms with Gasteiger partial charge < -0.3 is 5.73 Å². The fourth-order valence-corrected chi connectivity index (χ4v) is 2.62. The minimum absolute atomic E-state index is 0.657. The van der Waals surface area contributed by atoms with E-state index in [4.69, 9.17) is 5.73 Å². The summed E-state index contributed by atoms with van der Waals surface area (Å²) in [5.41, 5.74) is 7.45. The molecular formula is C12H19NOS. The van der Waals surface area contributed by atoms with Crippen LogP contribution in [0.3, 0.4) is 0 Å². The van der Waals surface area contributed by atoms with Crippen molar-refractivity contribution in [3.05, 3.63) is 29.8 Å². The first-order valence-corrected chi connectivity index (χ1v) is 6.90. The lowest BCUT2D eigenvalue weighted by molar-refractivity contribution is 0.676. The molecule has 0 aromatic heterocycles. The standard InChI is InChI=1S/C12H19NOS/c1-2-3-4-9-15(14)10-11-5-7-12(13)8-6-11/h5-8H,2-4,9-10,13H2,1H3. The number of nitrogen functional groups attached to an aromatic ring is 1. The molecule has 1 unspecified atom stereocenters. The molecule has 1 aromatic rings. The van der Waals surface area contributed by atoms with Gasteiger partial charge in [0.25, 0.3) is 0 Å².